The third-order valence-electron chi connectivity index (χ3n) is 4.44. The highest BCUT2D eigenvalue weighted by atomic mass is 19.3. The molecule has 0 bridgehead atoms. The molecule has 10 heteroatoms. The van der Waals surface area contributed by atoms with Gasteiger partial charge in [-0.05, 0) is 36.8 Å². The molecule has 8 nitrogen and oxygen atoms in total. The van der Waals surface area contributed by atoms with Gasteiger partial charge in [0.25, 0.3) is 0 Å². The molecule has 2 N–H and O–H groups in total. The lowest BCUT2D eigenvalue weighted by atomic mass is 9.95. The van der Waals surface area contributed by atoms with Crippen molar-refractivity contribution < 1.29 is 37.4 Å². The number of rotatable bonds is 8. The Morgan fingerprint density at radius 1 is 1.00 bits per heavy atom. The molecule has 3 rings (SSSR count). The van der Waals surface area contributed by atoms with Crippen LogP contribution in [0.25, 0.3) is 0 Å². The van der Waals surface area contributed by atoms with Crippen LogP contribution in [0.4, 0.5) is 13.6 Å². The number of nitrogens with one attached hydrogen (secondary N) is 2. The second kappa shape index (κ2) is 10.4. The van der Waals surface area contributed by atoms with Gasteiger partial charge in [0.05, 0.1) is 29.5 Å². The van der Waals surface area contributed by atoms with Gasteiger partial charge in [-0.2, -0.15) is 8.78 Å². The minimum absolute atomic E-state index is 0.0739. The summed E-state index contributed by atoms with van der Waals surface area (Å²) in [6, 6.07) is 12.3. The number of ether oxygens (including phenoxy) is 3. The summed E-state index contributed by atoms with van der Waals surface area (Å²) in [4.78, 5) is 37.2. The summed E-state index contributed by atoms with van der Waals surface area (Å²) in [6.45, 7) is -1.65. The van der Waals surface area contributed by atoms with E-state index in [2.05, 4.69) is 15.4 Å². The smallest absolute Gasteiger partial charge is 0.387 e. The summed E-state index contributed by atoms with van der Waals surface area (Å²) in [5, 5.41) is 5.16. The van der Waals surface area contributed by atoms with Gasteiger partial charge in [-0.15, -0.1) is 0 Å². The van der Waals surface area contributed by atoms with E-state index in [0.29, 0.717) is 5.56 Å². The minimum atomic E-state index is -2.98. The lowest BCUT2D eigenvalue weighted by molar-refractivity contribution is -0.139. The number of alkyl halides is 2. The van der Waals surface area contributed by atoms with Gasteiger partial charge in [-0.25, -0.2) is 14.4 Å². The molecule has 32 heavy (non-hydrogen) atoms. The Morgan fingerprint density at radius 2 is 1.69 bits per heavy atom. The largest absolute Gasteiger partial charge is 0.463 e. The molecule has 168 valence electrons. The van der Waals surface area contributed by atoms with Crippen molar-refractivity contribution in [3.8, 4) is 5.75 Å². The molecule has 1 atom stereocenters. The molecule has 2 amide bonds. The summed E-state index contributed by atoms with van der Waals surface area (Å²) in [5.74, 6) is -1.57. The predicted octanol–water partition coefficient (Wildman–Crippen LogP) is 3.32. The average molecular weight is 446 g/mol. The van der Waals surface area contributed by atoms with Gasteiger partial charge in [0, 0.05) is 0 Å². The van der Waals surface area contributed by atoms with Crippen LogP contribution in [0, 0.1) is 0 Å². The Kier molecular flexibility index (Phi) is 7.37. The number of carbonyl (C=O) groups is 3. The molecule has 0 aromatic heterocycles. The van der Waals surface area contributed by atoms with E-state index in [1.807, 2.05) is 0 Å². The fraction of sp³-hybridized carbons (Fsp3) is 0.227. The zero-order chi connectivity index (χ0) is 23.1. The summed E-state index contributed by atoms with van der Waals surface area (Å²) >= 11 is 0. The molecule has 1 aliphatic heterocycles. The first-order chi connectivity index (χ1) is 15.4. The van der Waals surface area contributed by atoms with Crippen LogP contribution in [-0.2, 0) is 14.3 Å². The lowest BCUT2D eigenvalue weighted by Crippen LogP contribution is -2.47. The zero-order valence-corrected chi connectivity index (χ0v) is 17.0. The molecule has 1 aliphatic rings. The molecular formula is C22H20F2N2O6. The van der Waals surface area contributed by atoms with Crippen molar-refractivity contribution in [3.63, 3.8) is 0 Å². The van der Waals surface area contributed by atoms with Crippen LogP contribution in [0.15, 0.2) is 65.9 Å². The summed E-state index contributed by atoms with van der Waals surface area (Å²) in [5.41, 5.74) is 0.895. The van der Waals surface area contributed by atoms with Crippen LogP contribution in [0.2, 0.25) is 0 Å². The molecule has 0 saturated heterocycles. The molecule has 0 saturated carbocycles. The molecule has 2 aromatic rings. The SMILES string of the molecule is CCOC(=O)C1=C(COC(=O)c2ccc(OC(F)F)cc2)NC(=O)NC1c1ccccc1. The second-order valence-corrected chi connectivity index (χ2v) is 6.53. The van der Waals surface area contributed by atoms with Crippen LogP contribution in [-0.4, -0.2) is 37.8 Å². The number of hydrogen-bond acceptors (Lipinski definition) is 6. The van der Waals surface area contributed by atoms with Crippen molar-refractivity contribution in [2.45, 2.75) is 19.6 Å². The van der Waals surface area contributed by atoms with E-state index in [-0.39, 0.29) is 29.2 Å². The Balaban J connectivity index is 1.82. The van der Waals surface area contributed by atoms with Crippen molar-refractivity contribution in [2.24, 2.45) is 0 Å². The maximum atomic E-state index is 12.7. The first-order valence-corrected chi connectivity index (χ1v) is 9.63. The van der Waals surface area contributed by atoms with E-state index in [0.717, 1.165) is 0 Å². The van der Waals surface area contributed by atoms with E-state index in [1.165, 1.54) is 24.3 Å². The van der Waals surface area contributed by atoms with Gasteiger partial charge in [0.1, 0.15) is 12.4 Å². The average Bonchev–Trinajstić information content (AvgIpc) is 2.78. The van der Waals surface area contributed by atoms with Gasteiger partial charge >= 0.3 is 24.6 Å². The molecule has 1 heterocycles. The van der Waals surface area contributed by atoms with E-state index in [9.17, 15) is 23.2 Å². The molecule has 0 spiro atoms. The van der Waals surface area contributed by atoms with Crippen LogP contribution in [0.3, 0.4) is 0 Å². The number of carbonyl (C=O) groups excluding carboxylic acids is 3. The Hall–Kier alpha value is -3.95. The van der Waals surface area contributed by atoms with Crippen molar-refractivity contribution >= 4 is 18.0 Å². The maximum Gasteiger partial charge on any atom is 0.387 e. The maximum absolute atomic E-state index is 12.7. The number of esters is 2. The summed E-state index contributed by atoms with van der Waals surface area (Å²) in [6.07, 6.45) is 0. The van der Waals surface area contributed by atoms with Gasteiger partial charge in [0.15, 0.2) is 0 Å². The number of benzene rings is 2. The van der Waals surface area contributed by atoms with Gasteiger partial charge in [-0.3, -0.25) is 0 Å². The monoisotopic (exact) mass is 446 g/mol. The Labute approximate surface area is 182 Å². The highest BCUT2D eigenvalue weighted by Gasteiger charge is 2.34. The highest BCUT2D eigenvalue weighted by molar-refractivity contribution is 5.95. The third kappa shape index (κ3) is 5.60. The quantitative estimate of drug-likeness (QED) is 0.603. The van der Waals surface area contributed by atoms with E-state index in [1.54, 1.807) is 37.3 Å². The van der Waals surface area contributed by atoms with Crippen molar-refractivity contribution in [2.75, 3.05) is 13.2 Å². The first-order valence-electron chi connectivity index (χ1n) is 9.63. The molecule has 2 aromatic carbocycles. The fourth-order valence-electron chi connectivity index (χ4n) is 3.07. The molecule has 1 unspecified atom stereocenters. The highest BCUT2D eigenvalue weighted by Crippen LogP contribution is 2.28. The van der Waals surface area contributed by atoms with Crippen molar-refractivity contribution in [1.82, 2.24) is 10.6 Å². The molecular weight excluding hydrogens is 426 g/mol. The standard InChI is InChI=1S/C22H20F2N2O6/c1-2-30-20(28)17-16(25-22(29)26-18(17)13-6-4-3-5-7-13)12-31-19(27)14-8-10-15(11-9-14)32-21(23)24/h3-11,18,21H,2,12H2,1H3,(H2,25,26,29). The topological polar surface area (TPSA) is 103 Å². The van der Waals surface area contributed by atoms with Crippen LogP contribution < -0.4 is 15.4 Å². The second-order valence-electron chi connectivity index (χ2n) is 6.53. The zero-order valence-electron chi connectivity index (χ0n) is 17.0. The number of urea groups is 1. The van der Waals surface area contributed by atoms with E-state index < -0.39 is 37.2 Å². The summed E-state index contributed by atoms with van der Waals surface area (Å²) in [7, 11) is 0. The first kappa shape index (κ1) is 22.7. The minimum Gasteiger partial charge on any atom is -0.463 e. The van der Waals surface area contributed by atoms with Crippen LogP contribution >= 0.6 is 0 Å². The molecule has 0 radical (unpaired) electrons. The van der Waals surface area contributed by atoms with Crippen LogP contribution in [0.5, 0.6) is 5.75 Å². The van der Waals surface area contributed by atoms with Gasteiger partial charge in [-0.1, -0.05) is 30.3 Å². The normalized spacial score (nSPS) is 15.6. The van der Waals surface area contributed by atoms with E-state index in [4.69, 9.17) is 9.47 Å². The Morgan fingerprint density at radius 3 is 2.31 bits per heavy atom. The van der Waals surface area contributed by atoms with Gasteiger partial charge < -0.3 is 24.8 Å². The number of amides is 2. The van der Waals surface area contributed by atoms with Crippen LogP contribution in [0.1, 0.15) is 28.9 Å². The van der Waals surface area contributed by atoms with Crippen molar-refractivity contribution in [3.05, 3.63) is 77.0 Å². The predicted molar refractivity (Wildman–Crippen MR) is 108 cm³/mol. The van der Waals surface area contributed by atoms with E-state index >= 15 is 0 Å². The molecule has 0 aliphatic carbocycles. The third-order valence-corrected chi connectivity index (χ3v) is 4.44. The molecule has 0 fully saturated rings. The number of hydrogen-bond donors (Lipinski definition) is 2. The fourth-order valence-corrected chi connectivity index (χ4v) is 3.07. The summed E-state index contributed by atoms with van der Waals surface area (Å²) < 4.78 is 39.1. The number of halogens is 2. The Bertz CT molecular complexity index is 1010. The lowest BCUT2D eigenvalue weighted by Gasteiger charge is -2.29. The van der Waals surface area contributed by atoms with Gasteiger partial charge in [0.2, 0.25) is 0 Å². The van der Waals surface area contributed by atoms with Crippen molar-refractivity contribution in [1.29, 1.82) is 0 Å².